The highest BCUT2D eigenvalue weighted by molar-refractivity contribution is 7.92. The van der Waals surface area contributed by atoms with Crippen LogP contribution in [0.3, 0.4) is 0 Å². The van der Waals surface area contributed by atoms with Crippen molar-refractivity contribution in [1.29, 1.82) is 0 Å². The first kappa shape index (κ1) is 29.8. The van der Waals surface area contributed by atoms with Crippen molar-refractivity contribution in [2.24, 2.45) is 7.05 Å². The number of rotatable bonds is 6. The maximum atomic E-state index is 14.5. The van der Waals surface area contributed by atoms with Gasteiger partial charge >= 0.3 is 12.1 Å². The van der Waals surface area contributed by atoms with Gasteiger partial charge in [-0.3, -0.25) is 4.79 Å². The molecule has 2 aromatic heterocycles. The molecule has 226 valence electrons. The van der Waals surface area contributed by atoms with Crippen LogP contribution in [-0.4, -0.2) is 61.3 Å². The Morgan fingerprint density at radius 1 is 1.02 bits per heavy atom. The minimum absolute atomic E-state index is 0.108. The first-order valence-corrected chi connectivity index (χ1v) is 13.9. The molecule has 4 aromatic rings. The number of anilines is 2. The normalized spacial score (nSPS) is 14.1. The van der Waals surface area contributed by atoms with Gasteiger partial charge in [-0.2, -0.15) is 21.6 Å². The number of sulfonamides is 1. The molecule has 0 radical (unpaired) electrons. The third-order valence-corrected chi connectivity index (χ3v) is 8.11. The average Bonchev–Trinajstić information content (AvgIpc) is 2.96. The van der Waals surface area contributed by atoms with E-state index in [1.165, 1.54) is 19.6 Å². The van der Waals surface area contributed by atoms with Crippen LogP contribution in [0.25, 0.3) is 22.0 Å². The number of aromatic nitrogens is 3. The maximum absolute atomic E-state index is 14.5. The Labute approximate surface area is 240 Å². The summed E-state index contributed by atoms with van der Waals surface area (Å²) in [7, 11) is -4.37. The molecule has 0 spiro atoms. The molecule has 1 saturated heterocycles. The number of piperazine rings is 1. The van der Waals surface area contributed by atoms with Gasteiger partial charge in [0, 0.05) is 56.4 Å². The van der Waals surface area contributed by atoms with Gasteiger partial charge in [0.25, 0.3) is 15.6 Å². The molecule has 1 aliphatic heterocycles. The predicted octanol–water partition coefficient (Wildman–Crippen LogP) is 2.90. The first-order valence-electron chi connectivity index (χ1n) is 12.5. The Hall–Kier alpha value is -4.64. The van der Waals surface area contributed by atoms with Crippen molar-refractivity contribution in [2.75, 3.05) is 35.5 Å². The van der Waals surface area contributed by atoms with E-state index >= 15 is 0 Å². The highest BCUT2D eigenvalue weighted by Crippen LogP contribution is 2.32. The molecule has 0 saturated carbocycles. The molecule has 0 unspecified atom stereocenters. The number of nitrogens with zero attached hydrogens (tertiary/aromatic N) is 5. The van der Waals surface area contributed by atoms with Crippen LogP contribution >= 0.6 is 0 Å². The van der Waals surface area contributed by atoms with E-state index in [2.05, 4.69) is 20.1 Å². The van der Waals surface area contributed by atoms with E-state index in [0.717, 1.165) is 10.6 Å². The van der Waals surface area contributed by atoms with Crippen LogP contribution in [0.5, 0.6) is 0 Å². The third kappa shape index (κ3) is 5.85. The van der Waals surface area contributed by atoms with E-state index < -0.39 is 54.4 Å². The van der Waals surface area contributed by atoms with Crippen molar-refractivity contribution < 1.29 is 40.0 Å². The fourth-order valence-corrected chi connectivity index (χ4v) is 5.74. The second-order valence-electron chi connectivity index (χ2n) is 9.38. The predicted molar refractivity (Wildman–Crippen MR) is 143 cm³/mol. The highest BCUT2D eigenvalue weighted by atomic mass is 32.2. The molecule has 0 amide bonds. The molecule has 2 aromatic carbocycles. The third-order valence-electron chi connectivity index (χ3n) is 6.51. The summed E-state index contributed by atoms with van der Waals surface area (Å²) in [5, 5.41) is 3.83. The van der Waals surface area contributed by atoms with E-state index in [4.69, 9.17) is 0 Å². The monoisotopic (exact) mass is 624 g/mol. The van der Waals surface area contributed by atoms with Crippen molar-refractivity contribution >= 4 is 38.4 Å². The molecule has 43 heavy (non-hydrogen) atoms. The van der Waals surface area contributed by atoms with Gasteiger partial charge in [-0.25, -0.2) is 23.5 Å². The summed E-state index contributed by atoms with van der Waals surface area (Å²) in [5.41, 5.74) is -1.25. The molecule has 0 bridgehead atoms. The Bertz CT molecular complexity index is 1890. The van der Waals surface area contributed by atoms with Gasteiger partial charge in [-0.15, -0.1) is 0 Å². The zero-order valence-corrected chi connectivity index (χ0v) is 22.9. The fourth-order valence-electron chi connectivity index (χ4n) is 4.46. The van der Waals surface area contributed by atoms with Crippen LogP contribution in [0.2, 0.25) is 0 Å². The summed E-state index contributed by atoms with van der Waals surface area (Å²) >= 11 is 0. The van der Waals surface area contributed by atoms with Crippen molar-refractivity contribution in [3.63, 3.8) is 0 Å². The lowest BCUT2D eigenvalue weighted by molar-refractivity contribution is -0.199. The molecule has 1 fully saturated rings. The number of alkyl halides is 3. The van der Waals surface area contributed by atoms with Crippen LogP contribution in [0, 0.1) is 11.6 Å². The van der Waals surface area contributed by atoms with Gasteiger partial charge in [0.05, 0.1) is 5.52 Å². The SMILES string of the molecule is Cn1cc(-c2ccc3ncnc(N4CCNCC4)c3c2)cc(N(OC(=O)C(F)(F)F)S(=O)(=O)c2ccc(F)cc2F)c1=O. The first-order chi connectivity index (χ1) is 20.3. The topological polar surface area (TPSA) is 127 Å². The van der Waals surface area contributed by atoms with E-state index in [0.29, 0.717) is 60.6 Å². The summed E-state index contributed by atoms with van der Waals surface area (Å²) in [5.74, 6) is -5.28. The van der Waals surface area contributed by atoms with Crippen molar-refractivity contribution in [1.82, 2.24) is 19.9 Å². The zero-order valence-electron chi connectivity index (χ0n) is 22.1. The molecular weight excluding hydrogens is 603 g/mol. The lowest BCUT2D eigenvalue weighted by Crippen LogP contribution is -2.44. The Kier molecular flexibility index (Phi) is 7.78. The number of benzene rings is 2. The van der Waals surface area contributed by atoms with Crippen LogP contribution in [-0.2, 0) is 26.7 Å². The minimum Gasteiger partial charge on any atom is -0.353 e. The lowest BCUT2D eigenvalue weighted by atomic mass is 10.0. The molecular formula is C26H21F5N6O5S. The van der Waals surface area contributed by atoms with Crippen LogP contribution in [0.4, 0.5) is 33.5 Å². The van der Waals surface area contributed by atoms with Gasteiger partial charge in [0.2, 0.25) is 0 Å². The lowest BCUT2D eigenvalue weighted by Gasteiger charge is -2.29. The summed E-state index contributed by atoms with van der Waals surface area (Å²) < 4.78 is 94.6. The Balaban J connectivity index is 1.68. The smallest absolute Gasteiger partial charge is 0.353 e. The number of hydrogen-bond acceptors (Lipinski definition) is 9. The maximum Gasteiger partial charge on any atom is 0.493 e. The summed E-state index contributed by atoms with van der Waals surface area (Å²) in [6.45, 7) is 2.73. The molecule has 1 N–H and O–H groups in total. The Morgan fingerprint density at radius 2 is 1.74 bits per heavy atom. The second-order valence-corrected chi connectivity index (χ2v) is 11.1. The van der Waals surface area contributed by atoms with Gasteiger partial charge in [0.1, 0.15) is 28.7 Å². The van der Waals surface area contributed by atoms with Crippen molar-refractivity contribution in [3.8, 4) is 11.1 Å². The number of carbonyl (C=O) groups excluding carboxylic acids is 1. The van der Waals surface area contributed by atoms with E-state index in [9.17, 15) is 40.0 Å². The minimum atomic E-state index is -5.70. The van der Waals surface area contributed by atoms with Gasteiger partial charge in [0.15, 0.2) is 5.69 Å². The highest BCUT2D eigenvalue weighted by Gasteiger charge is 2.46. The molecule has 5 rings (SSSR count). The van der Waals surface area contributed by atoms with Gasteiger partial charge in [-0.05, 0) is 35.9 Å². The molecule has 11 nitrogen and oxygen atoms in total. The van der Waals surface area contributed by atoms with Gasteiger partial charge in [-0.1, -0.05) is 10.5 Å². The fraction of sp³-hybridized carbons (Fsp3) is 0.231. The number of pyridine rings is 1. The second kappa shape index (κ2) is 11.2. The van der Waals surface area contributed by atoms with E-state index in [-0.39, 0.29) is 11.6 Å². The van der Waals surface area contributed by atoms with Crippen LogP contribution < -0.4 is 20.2 Å². The van der Waals surface area contributed by atoms with E-state index in [1.54, 1.807) is 18.2 Å². The summed E-state index contributed by atoms with van der Waals surface area (Å²) in [4.78, 5) is 38.4. The standard InChI is InChI=1S/C26H21F5N6O5S/c1-35-13-16(15-2-4-20-18(10-15)23(34-14-33-20)36-8-6-32-7-9-36)11-21(24(35)38)37(42-25(39)26(29,30)31)43(40,41)22-5-3-17(27)12-19(22)28/h2-5,10-14,32H,6-9H2,1H3. The van der Waals surface area contributed by atoms with Crippen LogP contribution in [0.1, 0.15) is 0 Å². The quantitative estimate of drug-likeness (QED) is 0.255. The van der Waals surface area contributed by atoms with Crippen LogP contribution in [0.15, 0.2) is 64.7 Å². The molecule has 0 aliphatic carbocycles. The Morgan fingerprint density at radius 3 is 2.42 bits per heavy atom. The molecule has 1 aliphatic rings. The number of halogens is 5. The largest absolute Gasteiger partial charge is 0.493 e. The van der Waals surface area contributed by atoms with E-state index in [1.807, 2.05) is 4.90 Å². The summed E-state index contributed by atoms with van der Waals surface area (Å²) in [6.07, 6.45) is -3.02. The molecule has 17 heteroatoms. The molecule has 0 atom stereocenters. The zero-order chi connectivity index (χ0) is 31.1. The number of aryl methyl sites for hydroxylation is 1. The summed E-state index contributed by atoms with van der Waals surface area (Å²) in [6, 6.07) is 6.84. The number of carbonyl (C=O) groups is 1. The average molecular weight is 625 g/mol. The van der Waals surface area contributed by atoms with Crippen molar-refractivity contribution in [2.45, 2.75) is 11.1 Å². The number of hydrogen-bond donors (Lipinski definition) is 1. The molecule has 3 heterocycles. The van der Waals surface area contributed by atoms with Gasteiger partial charge < -0.3 is 19.6 Å². The number of nitrogens with one attached hydrogen (secondary N) is 1. The van der Waals surface area contributed by atoms with Crippen molar-refractivity contribution in [3.05, 3.63) is 77.0 Å². The number of fused-ring (bicyclic) bond motifs is 1.